The maximum atomic E-state index is 12.3. The average molecular weight is 247 g/mol. The molecule has 0 bridgehead atoms. The van der Waals surface area contributed by atoms with Gasteiger partial charge in [-0.3, -0.25) is 9.59 Å². The summed E-state index contributed by atoms with van der Waals surface area (Å²) in [6.07, 6.45) is 0. The lowest BCUT2D eigenvalue weighted by atomic mass is 10.1. The molecule has 0 radical (unpaired) electrons. The Bertz CT molecular complexity index is 456. The van der Waals surface area contributed by atoms with Crippen molar-refractivity contribution in [3.63, 3.8) is 0 Å². The number of nitrogens with two attached hydrogens (primary N) is 1. The number of piperazine rings is 1. The van der Waals surface area contributed by atoms with Gasteiger partial charge in [0.1, 0.15) is 0 Å². The van der Waals surface area contributed by atoms with Crippen molar-refractivity contribution in [3.05, 3.63) is 35.4 Å². The van der Waals surface area contributed by atoms with Gasteiger partial charge in [0.15, 0.2) is 0 Å². The number of carbonyl (C=O) groups is 2. The Morgan fingerprint density at radius 2 is 1.89 bits per heavy atom. The van der Waals surface area contributed by atoms with Gasteiger partial charge in [-0.05, 0) is 31.2 Å². The minimum absolute atomic E-state index is 0.0000189. The maximum Gasteiger partial charge on any atom is 0.254 e. The third kappa shape index (κ3) is 2.51. The van der Waals surface area contributed by atoms with Crippen LogP contribution >= 0.6 is 0 Å². The van der Waals surface area contributed by atoms with Crippen molar-refractivity contribution in [1.82, 2.24) is 10.2 Å². The molecule has 1 fully saturated rings. The normalized spacial score (nSPS) is 19.6. The molecule has 0 aromatic heterocycles. The van der Waals surface area contributed by atoms with Gasteiger partial charge in [-0.25, -0.2) is 0 Å². The number of benzene rings is 1. The number of primary amides is 1. The second-order valence-electron chi connectivity index (χ2n) is 4.49. The first-order chi connectivity index (χ1) is 8.59. The second-order valence-corrected chi connectivity index (χ2v) is 4.49. The van der Waals surface area contributed by atoms with Crippen molar-refractivity contribution in [1.29, 1.82) is 0 Å². The molecule has 1 aromatic rings. The van der Waals surface area contributed by atoms with Gasteiger partial charge in [-0.1, -0.05) is 0 Å². The second kappa shape index (κ2) is 5.18. The fourth-order valence-electron chi connectivity index (χ4n) is 2.09. The van der Waals surface area contributed by atoms with Crippen LogP contribution in [0.25, 0.3) is 0 Å². The first-order valence-electron chi connectivity index (χ1n) is 6.01. The zero-order valence-electron chi connectivity index (χ0n) is 10.3. The zero-order valence-corrected chi connectivity index (χ0v) is 10.3. The molecule has 1 aliphatic rings. The Kier molecular flexibility index (Phi) is 3.62. The molecule has 2 rings (SSSR count). The van der Waals surface area contributed by atoms with Crippen LogP contribution in [-0.4, -0.2) is 42.4 Å². The van der Waals surface area contributed by atoms with E-state index in [9.17, 15) is 9.59 Å². The molecule has 1 saturated heterocycles. The maximum absolute atomic E-state index is 12.3. The molecule has 1 aromatic carbocycles. The third-order valence-electron chi connectivity index (χ3n) is 3.18. The van der Waals surface area contributed by atoms with Crippen LogP contribution in [-0.2, 0) is 0 Å². The Morgan fingerprint density at radius 3 is 2.44 bits per heavy atom. The standard InChI is InChI=1S/C13H17N3O2/c1-9-8-15-6-7-16(9)13(18)11-4-2-10(3-5-11)12(14)17/h2-5,9,15H,6-8H2,1H3,(H2,14,17)/t9-/m1/s1. The van der Waals surface area contributed by atoms with Crippen LogP contribution < -0.4 is 11.1 Å². The number of amides is 2. The van der Waals surface area contributed by atoms with Gasteiger partial charge >= 0.3 is 0 Å². The van der Waals surface area contributed by atoms with Crippen LogP contribution in [0.1, 0.15) is 27.6 Å². The summed E-state index contributed by atoms with van der Waals surface area (Å²) in [5, 5.41) is 3.24. The first kappa shape index (κ1) is 12.6. The summed E-state index contributed by atoms with van der Waals surface area (Å²) in [6, 6.07) is 6.65. The minimum Gasteiger partial charge on any atom is -0.366 e. The molecular weight excluding hydrogens is 230 g/mol. The predicted molar refractivity (Wildman–Crippen MR) is 68.3 cm³/mol. The average Bonchev–Trinajstić information content (AvgIpc) is 2.38. The smallest absolute Gasteiger partial charge is 0.254 e. The number of nitrogens with one attached hydrogen (secondary N) is 1. The van der Waals surface area contributed by atoms with E-state index in [-0.39, 0.29) is 11.9 Å². The van der Waals surface area contributed by atoms with Crippen molar-refractivity contribution in [2.45, 2.75) is 13.0 Å². The lowest BCUT2D eigenvalue weighted by Crippen LogP contribution is -2.52. The molecule has 0 spiro atoms. The van der Waals surface area contributed by atoms with Crippen LogP contribution in [0, 0.1) is 0 Å². The zero-order chi connectivity index (χ0) is 13.1. The summed E-state index contributed by atoms with van der Waals surface area (Å²) in [5.74, 6) is -0.482. The molecular formula is C13H17N3O2. The largest absolute Gasteiger partial charge is 0.366 e. The van der Waals surface area contributed by atoms with Crippen molar-refractivity contribution >= 4 is 11.8 Å². The molecule has 18 heavy (non-hydrogen) atoms. The van der Waals surface area contributed by atoms with Gasteiger partial charge in [0, 0.05) is 36.8 Å². The Labute approximate surface area is 106 Å². The quantitative estimate of drug-likeness (QED) is 0.785. The van der Waals surface area contributed by atoms with Gasteiger partial charge < -0.3 is 16.0 Å². The van der Waals surface area contributed by atoms with Crippen LogP contribution in [0.2, 0.25) is 0 Å². The van der Waals surface area contributed by atoms with E-state index in [1.807, 2.05) is 11.8 Å². The van der Waals surface area contributed by atoms with Gasteiger partial charge in [0.05, 0.1) is 0 Å². The van der Waals surface area contributed by atoms with E-state index in [0.29, 0.717) is 17.7 Å². The fourth-order valence-corrected chi connectivity index (χ4v) is 2.09. The molecule has 96 valence electrons. The van der Waals surface area contributed by atoms with Crippen molar-refractivity contribution in [2.75, 3.05) is 19.6 Å². The molecule has 0 unspecified atom stereocenters. The van der Waals surface area contributed by atoms with Gasteiger partial charge in [-0.2, -0.15) is 0 Å². The fraction of sp³-hybridized carbons (Fsp3) is 0.385. The summed E-state index contributed by atoms with van der Waals surface area (Å²) in [4.78, 5) is 25.1. The van der Waals surface area contributed by atoms with E-state index >= 15 is 0 Å². The molecule has 5 heteroatoms. The molecule has 0 saturated carbocycles. The monoisotopic (exact) mass is 247 g/mol. The first-order valence-corrected chi connectivity index (χ1v) is 6.01. The minimum atomic E-state index is -0.482. The van der Waals surface area contributed by atoms with Crippen molar-refractivity contribution in [3.8, 4) is 0 Å². The van der Waals surface area contributed by atoms with Crippen molar-refractivity contribution in [2.24, 2.45) is 5.73 Å². The SMILES string of the molecule is C[C@@H]1CNCCN1C(=O)c1ccc(C(N)=O)cc1. The number of nitrogens with zero attached hydrogens (tertiary/aromatic N) is 1. The van der Waals surface area contributed by atoms with E-state index in [2.05, 4.69) is 5.32 Å². The highest BCUT2D eigenvalue weighted by atomic mass is 16.2. The predicted octanol–water partition coefficient (Wildman–Crippen LogP) is 0.219. The summed E-state index contributed by atoms with van der Waals surface area (Å²) < 4.78 is 0. The topological polar surface area (TPSA) is 75.4 Å². The summed E-state index contributed by atoms with van der Waals surface area (Å²) >= 11 is 0. The molecule has 1 heterocycles. The van der Waals surface area contributed by atoms with Gasteiger partial charge in [0.2, 0.25) is 5.91 Å². The lowest BCUT2D eigenvalue weighted by Gasteiger charge is -2.34. The van der Waals surface area contributed by atoms with Crippen LogP contribution in [0.4, 0.5) is 0 Å². The van der Waals surface area contributed by atoms with E-state index < -0.39 is 5.91 Å². The highest BCUT2D eigenvalue weighted by molar-refractivity contribution is 5.97. The van der Waals surface area contributed by atoms with Gasteiger partial charge in [-0.15, -0.1) is 0 Å². The number of carbonyl (C=O) groups excluding carboxylic acids is 2. The van der Waals surface area contributed by atoms with E-state index in [4.69, 9.17) is 5.73 Å². The molecule has 5 nitrogen and oxygen atoms in total. The van der Waals surface area contributed by atoms with Crippen LogP contribution in [0.3, 0.4) is 0 Å². The summed E-state index contributed by atoms with van der Waals surface area (Å²) in [6.45, 7) is 4.35. The van der Waals surface area contributed by atoms with Gasteiger partial charge in [0.25, 0.3) is 5.91 Å². The molecule has 1 aliphatic heterocycles. The lowest BCUT2D eigenvalue weighted by molar-refractivity contribution is 0.0655. The molecule has 1 atom stereocenters. The van der Waals surface area contributed by atoms with E-state index in [1.165, 1.54) is 0 Å². The molecule has 3 N–H and O–H groups in total. The highest BCUT2D eigenvalue weighted by Gasteiger charge is 2.23. The van der Waals surface area contributed by atoms with Crippen LogP contribution in [0.5, 0.6) is 0 Å². The van der Waals surface area contributed by atoms with Crippen molar-refractivity contribution < 1.29 is 9.59 Å². The number of hydrogen-bond donors (Lipinski definition) is 2. The van der Waals surface area contributed by atoms with E-state index in [1.54, 1.807) is 24.3 Å². The Balaban J connectivity index is 2.15. The Morgan fingerprint density at radius 1 is 1.28 bits per heavy atom. The van der Waals surface area contributed by atoms with Crippen LogP contribution in [0.15, 0.2) is 24.3 Å². The Hall–Kier alpha value is -1.88. The molecule has 2 amide bonds. The van der Waals surface area contributed by atoms with E-state index in [0.717, 1.165) is 13.1 Å². The number of hydrogen-bond acceptors (Lipinski definition) is 3. The highest BCUT2D eigenvalue weighted by Crippen LogP contribution is 2.11. The third-order valence-corrected chi connectivity index (χ3v) is 3.18. The number of rotatable bonds is 2. The summed E-state index contributed by atoms with van der Waals surface area (Å²) in [5.41, 5.74) is 6.17. The summed E-state index contributed by atoms with van der Waals surface area (Å²) in [7, 11) is 0. The molecule has 0 aliphatic carbocycles.